The number of hydrogen-bond acceptors (Lipinski definition) is 3. The van der Waals surface area contributed by atoms with Crippen LogP contribution in [-0.2, 0) is 6.54 Å². The molecule has 0 radical (unpaired) electrons. The van der Waals surface area contributed by atoms with Crippen molar-refractivity contribution < 1.29 is 0 Å². The molecule has 0 bridgehead atoms. The fourth-order valence-corrected chi connectivity index (χ4v) is 4.67. The Balaban J connectivity index is 1.60. The Kier molecular flexibility index (Phi) is 4.06. The second-order valence-corrected chi connectivity index (χ2v) is 7.50. The predicted octanol–water partition coefficient (Wildman–Crippen LogP) is 4.34. The largest absolute Gasteiger partial charge is 0.294 e. The molecule has 1 aromatic carbocycles. The number of piperidine rings is 1. The van der Waals surface area contributed by atoms with Crippen molar-refractivity contribution in [1.29, 1.82) is 0 Å². The van der Waals surface area contributed by atoms with Gasteiger partial charge in [-0.15, -0.1) is 0 Å². The molecule has 2 heterocycles. The molecule has 1 saturated heterocycles. The highest BCUT2D eigenvalue weighted by molar-refractivity contribution is 5.74. The van der Waals surface area contributed by atoms with Crippen LogP contribution in [0.5, 0.6) is 0 Å². The summed E-state index contributed by atoms with van der Waals surface area (Å²) in [6.45, 7) is 6.76. The molecular weight excluding hydrogens is 282 g/mol. The zero-order chi connectivity index (χ0) is 15.8. The van der Waals surface area contributed by atoms with Crippen LogP contribution >= 0.6 is 0 Å². The van der Waals surface area contributed by atoms with Gasteiger partial charge in [0.2, 0.25) is 0 Å². The van der Waals surface area contributed by atoms with E-state index < -0.39 is 0 Å². The average molecular weight is 309 g/mol. The summed E-state index contributed by atoms with van der Waals surface area (Å²) in [5, 5.41) is 0. The summed E-state index contributed by atoms with van der Waals surface area (Å²) in [6, 6.07) is 8.98. The summed E-state index contributed by atoms with van der Waals surface area (Å²) in [7, 11) is 0. The van der Waals surface area contributed by atoms with Crippen molar-refractivity contribution in [2.75, 3.05) is 6.54 Å². The Morgan fingerprint density at radius 2 is 1.78 bits per heavy atom. The monoisotopic (exact) mass is 309 g/mol. The van der Waals surface area contributed by atoms with Crippen LogP contribution in [0.2, 0.25) is 0 Å². The van der Waals surface area contributed by atoms with Crippen molar-refractivity contribution in [1.82, 2.24) is 14.9 Å². The lowest BCUT2D eigenvalue weighted by molar-refractivity contribution is 0.0195. The van der Waals surface area contributed by atoms with Gasteiger partial charge < -0.3 is 0 Å². The minimum atomic E-state index is 0.764. The molecule has 3 unspecified atom stereocenters. The predicted molar refractivity (Wildman–Crippen MR) is 94.2 cm³/mol. The van der Waals surface area contributed by atoms with E-state index in [4.69, 9.17) is 9.97 Å². The summed E-state index contributed by atoms with van der Waals surface area (Å²) in [5.41, 5.74) is 4.30. The Hall–Kier alpha value is -1.48. The van der Waals surface area contributed by atoms with Gasteiger partial charge in [-0.05, 0) is 56.7 Å². The van der Waals surface area contributed by atoms with Gasteiger partial charge in [-0.1, -0.05) is 31.9 Å². The van der Waals surface area contributed by atoms with Crippen LogP contribution in [0.4, 0.5) is 0 Å². The lowest BCUT2D eigenvalue weighted by Crippen LogP contribution is -2.49. The second-order valence-electron chi connectivity index (χ2n) is 7.50. The fraction of sp³-hybridized carbons (Fsp3) is 0.600. The Morgan fingerprint density at radius 1 is 1.04 bits per heavy atom. The molecule has 122 valence electrons. The number of nitrogens with zero attached hydrogens (tertiary/aromatic N) is 3. The van der Waals surface area contributed by atoms with Gasteiger partial charge in [0.25, 0.3) is 0 Å². The number of aromatic nitrogens is 2. The van der Waals surface area contributed by atoms with Crippen molar-refractivity contribution in [3.63, 3.8) is 0 Å². The van der Waals surface area contributed by atoms with Crippen LogP contribution in [0.3, 0.4) is 0 Å². The van der Waals surface area contributed by atoms with E-state index in [0.29, 0.717) is 0 Å². The normalized spacial score (nSPS) is 28.7. The van der Waals surface area contributed by atoms with Crippen molar-refractivity contribution >= 4 is 11.0 Å². The van der Waals surface area contributed by atoms with E-state index in [9.17, 15) is 0 Å². The first-order valence-corrected chi connectivity index (χ1v) is 9.18. The van der Waals surface area contributed by atoms with Crippen LogP contribution in [0.1, 0.15) is 50.4 Å². The molecule has 2 fully saturated rings. The van der Waals surface area contributed by atoms with Crippen molar-refractivity contribution in [3.05, 3.63) is 35.7 Å². The smallest absolute Gasteiger partial charge is 0.0890 e. The summed E-state index contributed by atoms with van der Waals surface area (Å²) >= 11 is 0. The number of aryl methyl sites for hydroxylation is 1. The molecule has 1 aromatic heterocycles. The van der Waals surface area contributed by atoms with E-state index in [1.165, 1.54) is 44.3 Å². The maximum absolute atomic E-state index is 4.92. The number of fused-ring (bicyclic) bond motifs is 2. The molecule has 1 aliphatic carbocycles. The third-order valence-electron chi connectivity index (χ3n) is 6.05. The maximum Gasteiger partial charge on any atom is 0.0890 e. The molecule has 2 aromatic rings. The van der Waals surface area contributed by atoms with Gasteiger partial charge in [0.05, 0.1) is 22.4 Å². The van der Waals surface area contributed by atoms with Gasteiger partial charge in [-0.2, -0.15) is 0 Å². The first kappa shape index (κ1) is 15.1. The highest BCUT2D eigenvalue weighted by Crippen LogP contribution is 2.39. The quantitative estimate of drug-likeness (QED) is 0.826. The number of rotatable bonds is 2. The molecule has 3 heteroatoms. The molecule has 1 aliphatic heterocycles. The van der Waals surface area contributed by atoms with Crippen LogP contribution in [0, 0.1) is 18.8 Å². The zero-order valence-corrected chi connectivity index (χ0v) is 14.3. The topological polar surface area (TPSA) is 29.0 Å². The molecule has 1 saturated carbocycles. The second kappa shape index (κ2) is 6.20. The molecule has 3 atom stereocenters. The summed E-state index contributed by atoms with van der Waals surface area (Å²) in [4.78, 5) is 12.4. The lowest BCUT2D eigenvalue weighted by Gasteiger charge is -2.47. The van der Waals surface area contributed by atoms with Gasteiger partial charge in [-0.3, -0.25) is 4.90 Å². The van der Waals surface area contributed by atoms with E-state index >= 15 is 0 Å². The minimum absolute atomic E-state index is 0.764. The van der Waals surface area contributed by atoms with Gasteiger partial charge in [0.15, 0.2) is 0 Å². The van der Waals surface area contributed by atoms with Crippen LogP contribution < -0.4 is 0 Å². The first-order chi connectivity index (χ1) is 11.2. The number of para-hydroxylation sites is 2. The molecule has 3 nitrogen and oxygen atoms in total. The number of likely N-dealkylation sites (tertiary alicyclic amines) is 1. The van der Waals surface area contributed by atoms with E-state index in [2.05, 4.69) is 36.9 Å². The summed E-state index contributed by atoms with van der Waals surface area (Å²) in [6.07, 6.45) is 6.95. The summed E-state index contributed by atoms with van der Waals surface area (Å²) < 4.78 is 0. The molecule has 0 N–H and O–H groups in total. The maximum atomic E-state index is 4.92. The van der Waals surface area contributed by atoms with Crippen molar-refractivity contribution in [3.8, 4) is 0 Å². The van der Waals surface area contributed by atoms with Gasteiger partial charge in [0.1, 0.15) is 0 Å². The van der Waals surface area contributed by atoms with Gasteiger partial charge >= 0.3 is 0 Å². The fourth-order valence-electron chi connectivity index (χ4n) is 4.67. The summed E-state index contributed by atoms with van der Waals surface area (Å²) in [5.74, 6) is 1.78. The van der Waals surface area contributed by atoms with Crippen molar-refractivity contribution in [2.24, 2.45) is 11.8 Å². The number of hydrogen-bond donors (Lipinski definition) is 0. The van der Waals surface area contributed by atoms with Crippen LogP contribution in [0.25, 0.3) is 11.0 Å². The third kappa shape index (κ3) is 2.87. The minimum Gasteiger partial charge on any atom is -0.294 e. The van der Waals surface area contributed by atoms with Gasteiger partial charge in [-0.25, -0.2) is 9.97 Å². The van der Waals surface area contributed by atoms with Gasteiger partial charge in [0, 0.05) is 12.6 Å². The molecule has 0 amide bonds. The van der Waals surface area contributed by atoms with E-state index in [1.807, 2.05) is 6.07 Å². The van der Waals surface area contributed by atoms with E-state index in [0.717, 1.165) is 41.1 Å². The number of benzene rings is 1. The Morgan fingerprint density at radius 3 is 2.61 bits per heavy atom. The highest BCUT2D eigenvalue weighted by atomic mass is 15.2. The Labute approximate surface area is 139 Å². The first-order valence-electron chi connectivity index (χ1n) is 9.18. The highest BCUT2D eigenvalue weighted by Gasteiger charge is 2.37. The standard InChI is InChI=1S/C20H27N3/c1-14-11-12-23(20-10-6-3-7-16(14)20)13-19-15(2)21-17-8-4-5-9-18(17)22-19/h4-5,8-9,14,16,20H,3,6-7,10-13H2,1-2H3. The third-order valence-corrected chi connectivity index (χ3v) is 6.05. The molecule has 4 rings (SSSR count). The average Bonchev–Trinajstić information content (AvgIpc) is 2.58. The van der Waals surface area contributed by atoms with E-state index in [1.54, 1.807) is 0 Å². The molecule has 23 heavy (non-hydrogen) atoms. The van der Waals surface area contributed by atoms with Crippen LogP contribution in [-0.4, -0.2) is 27.5 Å². The molecular formula is C20H27N3. The van der Waals surface area contributed by atoms with E-state index in [-0.39, 0.29) is 0 Å². The van der Waals surface area contributed by atoms with Crippen molar-refractivity contribution in [2.45, 2.75) is 58.5 Å². The SMILES string of the molecule is Cc1nc2ccccc2nc1CN1CCC(C)C2CCCCC21. The molecule has 0 spiro atoms. The molecule has 2 aliphatic rings. The zero-order valence-electron chi connectivity index (χ0n) is 14.3. The Bertz CT molecular complexity index is 696. The van der Waals surface area contributed by atoms with Crippen LogP contribution in [0.15, 0.2) is 24.3 Å². The lowest BCUT2D eigenvalue weighted by atomic mass is 9.72.